The largest absolute Gasteiger partial charge is 0.489 e. The van der Waals surface area contributed by atoms with E-state index in [2.05, 4.69) is 6.07 Å². The van der Waals surface area contributed by atoms with Gasteiger partial charge >= 0.3 is 0 Å². The van der Waals surface area contributed by atoms with Crippen LogP contribution in [0, 0.1) is 11.3 Å². The molecule has 0 spiro atoms. The van der Waals surface area contributed by atoms with Gasteiger partial charge < -0.3 is 4.74 Å². The summed E-state index contributed by atoms with van der Waals surface area (Å²) in [7, 11) is 0. The Morgan fingerprint density at radius 3 is 2.46 bits per heavy atom. The first-order valence-corrected chi connectivity index (χ1v) is 5.28. The molecule has 0 bridgehead atoms. The first-order valence-electron chi connectivity index (χ1n) is 4.13. The Hall–Kier alpha value is -1.14. The van der Waals surface area contributed by atoms with Gasteiger partial charge in [0.1, 0.15) is 11.9 Å². The first kappa shape index (κ1) is 8.46. The Labute approximate surface area is 81.5 Å². The average Bonchev–Trinajstić information content (AvgIpc) is 2.12. The standard InChI is InChI=1S/C10H9NOS/c11-5-8-1-3-9(4-2-8)12-10-6-13-7-10/h1-4,10H,6-7H2. The lowest BCUT2D eigenvalue weighted by Gasteiger charge is -2.25. The third kappa shape index (κ3) is 1.96. The highest BCUT2D eigenvalue weighted by Gasteiger charge is 2.19. The second kappa shape index (κ2) is 3.71. The fourth-order valence-electron chi connectivity index (χ4n) is 1.08. The van der Waals surface area contributed by atoms with E-state index in [1.807, 2.05) is 23.9 Å². The summed E-state index contributed by atoms with van der Waals surface area (Å²) in [5.41, 5.74) is 0.676. The summed E-state index contributed by atoms with van der Waals surface area (Å²) in [6.45, 7) is 0. The molecule has 1 aliphatic heterocycles. The summed E-state index contributed by atoms with van der Waals surface area (Å²) in [6.07, 6.45) is 0.373. The van der Waals surface area contributed by atoms with Gasteiger partial charge in [-0.25, -0.2) is 0 Å². The number of rotatable bonds is 2. The minimum absolute atomic E-state index is 0.373. The molecule has 0 aromatic heterocycles. The Kier molecular flexibility index (Phi) is 2.42. The Morgan fingerprint density at radius 2 is 2.00 bits per heavy atom. The molecule has 13 heavy (non-hydrogen) atoms. The topological polar surface area (TPSA) is 33.0 Å². The highest BCUT2D eigenvalue weighted by atomic mass is 32.2. The van der Waals surface area contributed by atoms with Crippen molar-refractivity contribution >= 4 is 11.8 Å². The van der Waals surface area contributed by atoms with E-state index in [0.717, 1.165) is 17.3 Å². The molecule has 1 fully saturated rings. The van der Waals surface area contributed by atoms with Crippen LogP contribution in [0.1, 0.15) is 5.56 Å². The Bertz CT molecular complexity index is 324. The van der Waals surface area contributed by atoms with Crippen LogP contribution in [0.15, 0.2) is 24.3 Å². The lowest BCUT2D eigenvalue weighted by molar-refractivity contribution is 0.240. The quantitative estimate of drug-likeness (QED) is 0.717. The fourth-order valence-corrected chi connectivity index (χ4v) is 1.65. The van der Waals surface area contributed by atoms with Crippen LogP contribution in [0.3, 0.4) is 0 Å². The Balaban J connectivity index is 2.01. The van der Waals surface area contributed by atoms with Crippen molar-refractivity contribution in [2.45, 2.75) is 6.10 Å². The van der Waals surface area contributed by atoms with E-state index in [1.54, 1.807) is 12.1 Å². The molecule has 0 aliphatic carbocycles. The van der Waals surface area contributed by atoms with E-state index < -0.39 is 0 Å². The van der Waals surface area contributed by atoms with Gasteiger partial charge in [-0.3, -0.25) is 0 Å². The van der Waals surface area contributed by atoms with E-state index >= 15 is 0 Å². The van der Waals surface area contributed by atoms with Crippen molar-refractivity contribution in [3.05, 3.63) is 29.8 Å². The van der Waals surface area contributed by atoms with Gasteiger partial charge in [-0.1, -0.05) is 0 Å². The number of hydrogen-bond donors (Lipinski definition) is 0. The highest BCUT2D eigenvalue weighted by Crippen LogP contribution is 2.23. The van der Waals surface area contributed by atoms with Crippen LogP contribution in [0.4, 0.5) is 0 Å². The molecule has 0 saturated carbocycles. The monoisotopic (exact) mass is 191 g/mol. The molecule has 1 saturated heterocycles. The Morgan fingerprint density at radius 1 is 1.31 bits per heavy atom. The van der Waals surface area contributed by atoms with Gasteiger partial charge in [-0.15, -0.1) is 0 Å². The minimum atomic E-state index is 0.373. The molecule has 0 unspecified atom stereocenters. The van der Waals surface area contributed by atoms with E-state index in [9.17, 15) is 0 Å². The normalized spacial score (nSPS) is 15.9. The highest BCUT2D eigenvalue weighted by molar-refractivity contribution is 8.00. The second-order valence-electron chi connectivity index (χ2n) is 2.91. The maximum absolute atomic E-state index is 8.57. The van der Waals surface area contributed by atoms with Gasteiger partial charge in [0.15, 0.2) is 0 Å². The number of nitriles is 1. The van der Waals surface area contributed by atoms with Gasteiger partial charge in [0.25, 0.3) is 0 Å². The molecule has 3 heteroatoms. The summed E-state index contributed by atoms with van der Waals surface area (Å²) in [5, 5.41) is 8.57. The zero-order chi connectivity index (χ0) is 9.10. The maximum atomic E-state index is 8.57. The van der Waals surface area contributed by atoms with Gasteiger partial charge in [0.2, 0.25) is 0 Å². The number of hydrogen-bond acceptors (Lipinski definition) is 3. The molecule has 1 aromatic rings. The molecule has 0 amide bonds. The van der Waals surface area contributed by atoms with Crippen molar-refractivity contribution in [2.75, 3.05) is 11.5 Å². The van der Waals surface area contributed by atoms with E-state index in [1.165, 1.54) is 0 Å². The van der Waals surface area contributed by atoms with Crippen LogP contribution in [-0.4, -0.2) is 17.6 Å². The molecule has 66 valence electrons. The number of nitrogens with zero attached hydrogens (tertiary/aromatic N) is 1. The van der Waals surface area contributed by atoms with Gasteiger partial charge in [-0.2, -0.15) is 17.0 Å². The number of thioether (sulfide) groups is 1. The van der Waals surface area contributed by atoms with Crippen molar-refractivity contribution in [1.82, 2.24) is 0 Å². The van der Waals surface area contributed by atoms with Crippen LogP contribution in [0.5, 0.6) is 5.75 Å². The summed E-state index contributed by atoms with van der Waals surface area (Å²) in [4.78, 5) is 0. The van der Waals surface area contributed by atoms with Crippen molar-refractivity contribution < 1.29 is 4.74 Å². The van der Waals surface area contributed by atoms with Crippen LogP contribution >= 0.6 is 11.8 Å². The van der Waals surface area contributed by atoms with Crippen LogP contribution in [0.2, 0.25) is 0 Å². The van der Waals surface area contributed by atoms with E-state index in [4.69, 9.17) is 10.00 Å². The van der Waals surface area contributed by atoms with E-state index in [0.29, 0.717) is 11.7 Å². The predicted molar refractivity (Wildman–Crippen MR) is 52.9 cm³/mol. The second-order valence-corrected chi connectivity index (χ2v) is 3.99. The molecule has 0 atom stereocenters. The summed E-state index contributed by atoms with van der Waals surface area (Å²) in [6, 6.07) is 9.33. The van der Waals surface area contributed by atoms with Gasteiger partial charge in [-0.05, 0) is 24.3 Å². The van der Waals surface area contributed by atoms with Crippen molar-refractivity contribution in [1.29, 1.82) is 5.26 Å². The molecule has 0 N–H and O–H groups in total. The van der Waals surface area contributed by atoms with Crippen LogP contribution in [0.25, 0.3) is 0 Å². The van der Waals surface area contributed by atoms with Crippen molar-refractivity contribution in [2.24, 2.45) is 0 Å². The smallest absolute Gasteiger partial charge is 0.119 e. The van der Waals surface area contributed by atoms with E-state index in [-0.39, 0.29) is 0 Å². The number of ether oxygens (including phenoxy) is 1. The summed E-state index contributed by atoms with van der Waals surface area (Å²) in [5.74, 6) is 3.03. The summed E-state index contributed by atoms with van der Waals surface area (Å²) >= 11 is 1.89. The van der Waals surface area contributed by atoms with Crippen LogP contribution < -0.4 is 4.74 Å². The molecule has 0 radical (unpaired) electrons. The molecule has 1 aliphatic rings. The zero-order valence-electron chi connectivity index (χ0n) is 7.06. The lowest BCUT2D eigenvalue weighted by Crippen LogP contribution is -2.30. The van der Waals surface area contributed by atoms with Crippen molar-refractivity contribution in [3.8, 4) is 11.8 Å². The minimum Gasteiger partial charge on any atom is -0.489 e. The molecular formula is C10H9NOS. The van der Waals surface area contributed by atoms with Gasteiger partial charge in [0, 0.05) is 11.5 Å². The summed E-state index contributed by atoms with van der Waals surface area (Å²) < 4.78 is 5.62. The predicted octanol–water partition coefficient (Wildman–Crippen LogP) is 2.05. The lowest BCUT2D eigenvalue weighted by atomic mass is 10.2. The van der Waals surface area contributed by atoms with Crippen molar-refractivity contribution in [3.63, 3.8) is 0 Å². The zero-order valence-corrected chi connectivity index (χ0v) is 7.88. The molecular weight excluding hydrogens is 182 g/mol. The van der Waals surface area contributed by atoms with Crippen LogP contribution in [-0.2, 0) is 0 Å². The number of benzene rings is 1. The molecule has 2 nitrogen and oxygen atoms in total. The molecule has 1 aromatic carbocycles. The third-order valence-electron chi connectivity index (χ3n) is 1.89. The molecule has 2 rings (SSSR count). The third-order valence-corrected chi connectivity index (χ3v) is 3.11. The maximum Gasteiger partial charge on any atom is 0.119 e. The SMILES string of the molecule is N#Cc1ccc(OC2CSC2)cc1. The van der Waals surface area contributed by atoms with Gasteiger partial charge in [0.05, 0.1) is 11.6 Å². The molecule has 1 heterocycles. The average molecular weight is 191 g/mol. The first-order chi connectivity index (χ1) is 6.38. The fraction of sp³-hybridized carbons (Fsp3) is 0.300.